The molecule has 1 aliphatic heterocycles. The standard InChI is InChI=1S/C12H22N2O2/c1-12(2,3)16-11(15)14(9-5-4-6-9)10-7-13-8-10/h9-10,13H,4-8H2,1-3H3. The summed E-state index contributed by atoms with van der Waals surface area (Å²) >= 11 is 0. The summed E-state index contributed by atoms with van der Waals surface area (Å²) in [6, 6.07) is 0.766. The Hall–Kier alpha value is -0.770. The third-order valence-corrected chi connectivity index (χ3v) is 3.23. The summed E-state index contributed by atoms with van der Waals surface area (Å²) in [4.78, 5) is 14.1. The lowest BCUT2D eigenvalue weighted by molar-refractivity contribution is -0.0136. The number of amides is 1. The van der Waals surface area contributed by atoms with Gasteiger partial charge in [0.15, 0.2) is 0 Å². The molecular weight excluding hydrogens is 204 g/mol. The van der Waals surface area contributed by atoms with Crippen molar-refractivity contribution >= 4 is 6.09 Å². The monoisotopic (exact) mass is 226 g/mol. The number of hydrogen-bond donors (Lipinski definition) is 1. The number of nitrogens with zero attached hydrogens (tertiary/aromatic N) is 1. The quantitative estimate of drug-likeness (QED) is 0.780. The smallest absolute Gasteiger partial charge is 0.410 e. The van der Waals surface area contributed by atoms with Gasteiger partial charge in [0.25, 0.3) is 0 Å². The number of carbonyl (C=O) groups excluding carboxylic acids is 1. The molecule has 1 saturated carbocycles. The van der Waals surface area contributed by atoms with Gasteiger partial charge in [-0.2, -0.15) is 0 Å². The Labute approximate surface area is 97.3 Å². The predicted molar refractivity (Wildman–Crippen MR) is 62.4 cm³/mol. The fourth-order valence-corrected chi connectivity index (χ4v) is 2.05. The second-order valence-electron chi connectivity index (χ2n) is 5.78. The molecule has 0 aromatic rings. The molecule has 0 atom stereocenters. The summed E-state index contributed by atoms with van der Waals surface area (Å²) in [7, 11) is 0. The van der Waals surface area contributed by atoms with E-state index in [1.165, 1.54) is 6.42 Å². The van der Waals surface area contributed by atoms with Crippen molar-refractivity contribution < 1.29 is 9.53 Å². The highest BCUT2D eigenvalue weighted by molar-refractivity contribution is 5.69. The molecule has 0 radical (unpaired) electrons. The number of nitrogens with one attached hydrogen (secondary N) is 1. The zero-order chi connectivity index (χ0) is 11.8. The van der Waals surface area contributed by atoms with Gasteiger partial charge in [0, 0.05) is 19.1 Å². The molecule has 2 rings (SSSR count). The summed E-state index contributed by atoms with van der Waals surface area (Å²) < 4.78 is 5.47. The van der Waals surface area contributed by atoms with Crippen LogP contribution in [0.2, 0.25) is 0 Å². The van der Waals surface area contributed by atoms with Crippen LogP contribution >= 0.6 is 0 Å². The number of ether oxygens (including phenoxy) is 1. The highest BCUT2D eigenvalue weighted by Crippen LogP contribution is 2.29. The lowest BCUT2D eigenvalue weighted by Gasteiger charge is -2.46. The van der Waals surface area contributed by atoms with E-state index < -0.39 is 5.60 Å². The first-order chi connectivity index (χ1) is 7.47. The molecule has 1 heterocycles. The Kier molecular flexibility index (Phi) is 3.10. The predicted octanol–water partition coefficient (Wildman–Crippen LogP) is 1.75. The minimum absolute atomic E-state index is 0.135. The van der Waals surface area contributed by atoms with Crippen LogP contribution in [0.1, 0.15) is 40.0 Å². The van der Waals surface area contributed by atoms with Crippen molar-refractivity contribution in [2.75, 3.05) is 13.1 Å². The van der Waals surface area contributed by atoms with E-state index in [2.05, 4.69) is 5.32 Å². The van der Waals surface area contributed by atoms with E-state index >= 15 is 0 Å². The Morgan fingerprint density at radius 1 is 1.25 bits per heavy atom. The Bertz CT molecular complexity index is 251. The molecule has 0 spiro atoms. The van der Waals surface area contributed by atoms with Crippen LogP contribution in [0.5, 0.6) is 0 Å². The van der Waals surface area contributed by atoms with Crippen molar-refractivity contribution in [1.82, 2.24) is 10.2 Å². The van der Waals surface area contributed by atoms with E-state index in [-0.39, 0.29) is 6.09 Å². The van der Waals surface area contributed by atoms with Crippen LogP contribution in [0.15, 0.2) is 0 Å². The van der Waals surface area contributed by atoms with E-state index in [9.17, 15) is 4.79 Å². The highest BCUT2D eigenvalue weighted by Gasteiger charge is 2.38. The van der Waals surface area contributed by atoms with Gasteiger partial charge in [0.1, 0.15) is 5.60 Å². The van der Waals surface area contributed by atoms with Crippen molar-refractivity contribution in [3.63, 3.8) is 0 Å². The lowest BCUT2D eigenvalue weighted by Crippen LogP contribution is -2.63. The van der Waals surface area contributed by atoms with E-state index in [0.717, 1.165) is 25.9 Å². The SMILES string of the molecule is CC(C)(C)OC(=O)N(C1CCC1)C1CNC1. The molecule has 4 nitrogen and oxygen atoms in total. The minimum atomic E-state index is -0.393. The molecular formula is C12H22N2O2. The van der Waals surface area contributed by atoms with Crippen LogP contribution in [-0.2, 0) is 4.74 Å². The maximum absolute atomic E-state index is 12.1. The summed E-state index contributed by atoms with van der Waals surface area (Å²) in [6.07, 6.45) is 3.37. The second kappa shape index (κ2) is 4.24. The lowest BCUT2D eigenvalue weighted by atomic mass is 9.90. The molecule has 1 saturated heterocycles. The molecule has 0 bridgehead atoms. The first-order valence-corrected chi connectivity index (χ1v) is 6.19. The van der Waals surface area contributed by atoms with Crippen LogP contribution in [0.4, 0.5) is 4.79 Å². The zero-order valence-electron chi connectivity index (χ0n) is 10.5. The molecule has 0 aromatic heterocycles. The van der Waals surface area contributed by atoms with Crippen molar-refractivity contribution in [2.45, 2.75) is 57.7 Å². The maximum Gasteiger partial charge on any atom is 0.410 e. The summed E-state index contributed by atoms with van der Waals surface area (Å²) in [5.41, 5.74) is -0.393. The van der Waals surface area contributed by atoms with E-state index in [4.69, 9.17) is 4.74 Å². The van der Waals surface area contributed by atoms with Gasteiger partial charge < -0.3 is 10.1 Å². The van der Waals surface area contributed by atoms with Crippen LogP contribution in [0.25, 0.3) is 0 Å². The fourth-order valence-electron chi connectivity index (χ4n) is 2.05. The Morgan fingerprint density at radius 3 is 2.19 bits per heavy atom. The van der Waals surface area contributed by atoms with Gasteiger partial charge in [-0.05, 0) is 40.0 Å². The third-order valence-electron chi connectivity index (χ3n) is 3.23. The van der Waals surface area contributed by atoms with Crippen LogP contribution in [0.3, 0.4) is 0 Å². The van der Waals surface area contributed by atoms with Gasteiger partial charge in [-0.1, -0.05) is 0 Å². The Balaban J connectivity index is 1.97. The molecule has 1 N–H and O–H groups in total. The van der Waals surface area contributed by atoms with Crippen molar-refractivity contribution in [1.29, 1.82) is 0 Å². The van der Waals surface area contributed by atoms with E-state index in [1.807, 2.05) is 25.7 Å². The average Bonchev–Trinajstić information content (AvgIpc) is 1.92. The maximum atomic E-state index is 12.1. The van der Waals surface area contributed by atoms with Crippen LogP contribution < -0.4 is 5.32 Å². The van der Waals surface area contributed by atoms with Gasteiger partial charge in [0.05, 0.1) is 6.04 Å². The van der Waals surface area contributed by atoms with Gasteiger partial charge >= 0.3 is 6.09 Å². The number of rotatable bonds is 2. The van der Waals surface area contributed by atoms with Gasteiger partial charge in [0.2, 0.25) is 0 Å². The van der Waals surface area contributed by atoms with Gasteiger partial charge in [-0.15, -0.1) is 0 Å². The van der Waals surface area contributed by atoms with Crippen molar-refractivity contribution in [3.8, 4) is 0 Å². The molecule has 16 heavy (non-hydrogen) atoms. The van der Waals surface area contributed by atoms with E-state index in [0.29, 0.717) is 12.1 Å². The average molecular weight is 226 g/mol. The highest BCUT2D eigenvalue weighted by atomic mass is 16.6. The molecule has 4 heteroatoms. The molecule has 0 aromatic carbocycles. The summed E-state index contributed by atoms with van der Waals surface area (Å²) in [5, 5.41) is 3.21. The number of carbonyl (C=O) groups is 1. The molecule has 1 amide bonds. The third kappa shape index (κ3) is 2.48. The van der Waals surface area contributed by atoms with Gasteiger partial charge in [-0.3, -0.25) is 4.90 Å². The van der Waals surface area contributed by atoms with Crippen molar-refractivity contribution in [2.24, 2.45) is 0 Å². The molecule has 1 aliphatic carbocycles. The van der Waals surface area contributed by atoms with Crippen molar-refractivity contribution in [3.05, 3.63) is 0 Å². The van der Waals surface area contributed by atoms with Crippen LogP contribution in [0, 0.1) is 0 Å². The molecule has 2 fully saturated rings. The second-order valence-corrected chi connectivity index (χ2v) is 5.78. The molecule has 92 valence electrons. The number of hydrogen-bond acceptors (Lipinski definition) is 3. The first kappa shape index (κ1) is 11.7. The van der Waals surface area contributed by atoms with Crippen LogP contribution in [-0.4, -0.2) is 41.8 Å². The summed E-state index contributed by atoms with van der Waals surface area (Å²) in [6.45, 7) is 7.58. The van der Waals surface area contributed by atoms with E-state index in [1.54, 1.807) is 0 Å². The largest absolute Gasteiger partial charge is 0.444 e. The topological polar surface area (TPSA) is 41.6 Å². The molecule has 0 unspecified atom stereocenters. The zero-order valence-corrected chi connectivity index (χ0v) is 10.5. The molecule has 2 aliphatic rings. The minimum Gasteiger partial charge on any atom is -0.444 e. The van der Waals surface area contributed by atoms with Gasteiger partial charge in [-0.25, -0.2) is 4.79 Å². The fraction of sp³-hybridized carbons (Fsp3) is 0.917. The normalized spacial score (nSPS) is 22.2. The Morgan fingerprint density at radius 2 is 1.88 bits per heavy atom. The summed E-state index contributed by atoms with van der Waals surface area (Å²) in [5.74, 6) is 0. The first-order valence-electron chi connectivity index (χ1n) is 6.19.